The molecule has 8 heteroatoms. The van der Waals surface area contributed by atoms with E-state index in [0.29, 0.717) is 27.3 Å². The van der Waals surface area contributed by atoms with Crippen molar-refractivity contribution in [1.29, 1.82) is 0 Å². The normalized spacial score (nSPS) is 10.6. The molecule has 2 N–H and O–H groups in total. The Morgan fingerprint density at radius 2 is 1.86 bits per heavy atom. The second kappa shape index (κ2) is 8.67. The van der Waals surface area contributed by atoms with E-state index >= 15 is 0 Å². The zero-order valence-corrected chi connectivity index (χ0v) is 16.0. The second-order valence-corrected chi connectivity index (χ2v) is 6.73. The molecule has 0 unspecified atom stereocenters. The standard InChI is InChI=1S/C20H19ClN4O3/c1-25(12-17-23-16-5-3-2-4-15(16)20(28)24-17)18(26)10-11-22-19(27)13-6-8-14(21)9-7-13/h2-9H,10-12H2,1H3,(H,22,27)(H,23,24,28). The van der Waals surface area contributed by atoms with Crippen LogP contribution in [-0.2, 0) is 11.3 Å². The van der Waals surface area contributed by atoms with E-state index in [1.165, 1.54) is 4.90 Å². The molecule has 1 aromatic heterocycles. The zero-order valence-electron chi connectivity index (χ0n) is 15.2. The molecule has 0 aliphatic carbocycles. The van der Waals surface area contributed by atoms with Gasteiger partial charge in [0.1, 0.15) is 5.82 Å². The number of nitrogens with zero attached hydrogens (tertiary/aromatic N) is 2. The number of carbonyl (C=O) groups is 2. The van der Waals surface area contributed by atoms with E-state index in [9.17, 15) is 14.4 Å². The summed E-state index contributed by atoms with van der Waals surface area (Å²) in [6, 6.07) is 13.5. The van der Waals surface area contributed by atoms with Crippen LogP contribution in [0.25, 0.3) is 10.9 Å². The SMILES string of the molecule is CN(Cc1nc2ccccc2c(=O)[nH]1)C(=O)CCNC(=O)c1ccc(Cl)cc1. The van der Waals surface area contributed by atoms with Gasteiger partial charge in [0.05, 0.1) is 17.4 Å². The van der Waals surface area contributed by atoms with Gasteiger partial charge in [-0.1, -0.05) is 23.7 Å². The number of hydrogen-bond donors (Lipinski definition) is 2. The Morgan fingerprint density at radius 3 is 2.61 bits per heavy atom. The summed E-state index contributed by atoms with van der Waals surface area (Å²) in [5.41, 5.74) is 0.817. The summed E-state index contributed by atoms with van der Waals surface area (Å²) in [5.74, 6) is -0.0374. The molecule has 2 aromatic carbocycles. The van der Waals surface area contributed by atoms with Crippen LogP contribution in [0.15, 0.2) is 53.3 Å². The third-order valence-electron chi connectivity index (χ3n) is 4.21. The van der Waals surface area contributed by atoms with Crippen LogP contribution in [0.4, 0.5) is 0 Å². The molecule has 0 saturated carbocycles. The van der Waals surface area contributed by atoms with Crippen LogP contribution >= 0.6 is 11.6 Å². The monoisotopic (exact) mass is 398 g/mol. The molecule has 3 aromatic rings. The largest absolute Gasteiger partial charge is 0.352 e. The maximum absolute atomic E-state index is 12.3. The summed E-state index contributed by atoms with van der Waals surface area (Å²) in [7, 11) is 1.62. The average molecular weight is 399 g/mol. The van der Waals surface area contributed by atoms with Gasteiger partial charge in [-0.25, -0.2) is 4.98 Å². The van der Waals surface area contributed by atoms with Crippen molar-refractivity contribution >= 4 is 34.3 Å². The van der Waals surface area contributed by atoms with E-state index in [1.807, 2.05) is 0 Å². The molecule has 0 radical (unpaired) electrons. The fraction of sp³-hybridized carbons (Fsp3) is 0.200. The highest BCUT2D eigenvalue weighted by Gasteiger charge is 2.13. The maximum atomic E-state index is 12.3. The van der Waals surface area contributed by atoms with Gasteiger partial charge < -0.3 is 15.2 Å². The first kappa shape index (κ1) is 19.6. The average Bonchev–Trinajstić information content (AvgIpc) is 2.68. The number of halogens is 1. The summed E-state index contributed by atoms with van der Waals surface area (Å²) in [5, 5.41) is 3.75. The quantitative estimate of drug-likeness (QED) is 0.666. The zero-order chi connectivity index (χ0) is 20.1. The van der Waals surface area contributed by atoms with E-state index < -0.39 is 0 Å². The number of H-pyrrole nitrogens is 1. The molecule has 28 heavy (non-hydrogen) atoms. The van der Waals surface area contributed by atoms with Gasteiger partial charge in [0.15, 0.2) is 0 Å². The molecule has 1 heterocycles. The Balaban J connectivity index is 1.54. The van der Waals surface area contributed by atoms with E-state index in [4.69, 9.17) is 11.6 Å². The highest BCUT2D eigenvalue weighted by molar-refractivity contribution is 6.30. The molecule has 0 spiro atoms. The maximum Gasteiger partial charge on any atom is 0.258 e. The van der Waals surface area contributed by atoms with Crippen LogP contribution < -0.4 is 10.9 Å². The van der Waals surface area contributed by atoms with Gasteiger partial charge in [0.25, 0.3) is 11.5 Å². The first-order chi connectivity index (χ1) is 13.4. The number of nitrogens with one attached hydrogen (secondary N) is 2. The van der Waals surface area contributed by atoms with Crippen LogP contribution in [-0.4, -0.2) is 40.3 Å². The first-order valence-electron chi connectivity index (χ1n) is 8.69. The van der Waals surface area contributed by atoms with Crippen molar-refractivity contribution in [2.24, 2.45) is 0 Å². The van der Waals surface area contributed by atoms with Crippen LogP contribution in [0.2, 0.25) is 5.02 Å². The van der Waals surface area contributed by atoms with Crippen LogP contribution in [0, 0.1) is 0 Å². The van der Waals surface area contributed by atoms with Crippen molar-refractivity contribution in [2.75, 3.05) is 13.6 Å². The number of aromatic nitrogens is 2. The Hall–Kier alpha value is -3.19. The minimum absolute atomic E-state index is 0.133. The van der Waals surface area contributed by atoms with Crippen molar-refractivity contribution in [1.82, 2.24) is 20.2 Å². The Morgan fingerprint density at radius 1 is 1.14 bits per heavy atom. The molecule has 0 bridgehead atoms. The number of carbonyl (C=O) groups excluding carboxylic acids is 2. The van der Waals surface area contributed by atoms with Gasteiger partial charge >= 0.3 is 0 Å². The van der Waals surface area contributed by atoms with Crippen LogP contribution in [0.1, 0.15) is 22.6 Å². The number of benzene rings is 2. The Labute approximate surface area is 166 Å². The summed E-state index contributed by atoms with van der Waals surface area (Å²) in [6.07, 6.45) is 0.133. The molecule has 0 aliphatic rings. The van der Waals surface area contributed by atoms with Gasteiger partial charge in [-0.05, 0) is 36.4 Å². The molecule has 0 atom stereocenters. The summed E-state index contributed by atoms with van der Waals surface area (Å²) < 4.78 is 0. The lowest BCUT2D eigenvalue weighted by atomic mass is 10.2. The summed E-state index contributed by atoms with van der Waals surface area (Å²) in [6.45, 7) is 0.371. The number of hydrogen-bond acceptors (Lipinski definition) is 4. The number of para-hydroxylation sites is 1. The molecule has 2 amide bonds. The first-order valence-corrected chi connectivity index (χ1v) is 9.07. The van der Waals surface area contributed by atoms with Crippen molar-refractivity contribution in [3.8, 4) is 0 Å². The molecule has 0 aliphatic heterocycles. The lowest BCUT2D eigenvalue weighted by Gasteiger charge is -2.17. The van der Waals surface area contributed by atoms with Crippen molar-refractivity contribution in [2.45, 2.75) is 13.0 Å². The lowest BCUT2D eigenvalue weighted by molar-refractivity contribution is -0.130. The van der Waals surface area contributed by atoms with E-state index in [2.05, 4.69) is 15.3 Å². The Bertz CT molecular complexity index is 1060. The highest BCUT2D eigenvalue weighted by atomic mass is 35.5. The molecule has 0 saturated heterocycles. The van der Waals surface area contributed by atoms with Crippen molar-refractivity contribution in [3.63, 3.8) is 0 Å². The molecule has 3 rings (SSSR count). The minimum Gasteiger partial charge on any atom is -0.352 e. The predicted octanol–water partition coefficient (Wildman–Crippen LogP) is 2.36. The lowest BCUT2D eigenvalue weighted by Crippen LogP contribution is -2.32. The van der Waals surface area contributed by atoms with Crippen molar-refractivity contribution in [3.05, 3.63) is 75.3 Å². The van der Waals surface area contributed by atoms with Gasteiger partial charge in [0.2, 0.25) is 5.91 Å². The number of rotatable bonds is 6. The van der Waals surface area contributed by atoms with Gasteiger partial charge in [-0.15, -0.1) is 0 Å². The van der Waals surface area contributed by atoms with E-state index in [0.717, 1.165) is 0 Å². The Kier molecular flexibility index (Phi) is 6.06. The van der Waals surface area contributed by atoms with E-state index in [1.54, 1.807) is 55.6 Å². The van der Waals surface area contributed by atoms with Crippen molar-refractivity contribution < 1.29 is 9.59 Å². The number of aromatic amines is 1. The highest BCUT2D eigenvalue weighted by Crippen LogP contribution is 2.09. The number of fused-ring (bicyclic) bond motifs is 1. The molecule has 0 fully saturated rings. The molecule has 7 nitrogen and oxygen atoms in total. The van der Waals surface area contributed by atoms with Gasteiger partial charge in [0, 0.05) is 30.6 Å². The molecule has 144 valence electrons. The minimum atomic E-state index is -0.271. The summed E-state index contributed by atoms with van der Waals surface area (Å²) in [4.78, 5) is 45.0. The smallest absolute Gasteiger partial charge is 0.258 e. The van der Waals surface area contributed by atoms with Crippen LogP contribution in [0.5, 0.6) is 0 Å². The third kappa shape index (κ3) is 4.75. The van der Waals surface area contributed by atoms with Crippen LogP contribution in [0.3, 0.4) is 0 Å². The number of amides is 2. The fourth-order valence-corrected chi connectivity index (χ4v) is 2.83. The predicted molar refractivity (Wildman–Crippen MR) is 107 cm³/mol. The van der Waals surface area contributed by atoms with E-state index in [-0.39, 0.29) is 36.9 Å². The topological polar surface area (TPSA) is 95.2 Å². The molecular weight excluding hydrogens is 380 g/mol. The fourth-order valence-electron chi connectivity index (χ4n) is 2.70. The van der Waals surface area contributed by atoms with Gasteiger partial charge in [-0.3, -0.25) is 14.4 Å². The summed E-state index contributed by atoms with van der Waals surface area (Å²) >= 11 is 5.80. The third-order valence-corrected chi connectivity index (χ3v) is 4.46. The van der Waals surface area contributed by atoms with Gasteiger partial charge in [-0.2, -0.15) is 0 Å². The second-order valence-electron chi connectivity index (χ2n) is 6.29. The molecular formula is C20H19ClN4O3.